The largest absolute Gasteiger partial charge is 0.384 e. The second-order valence-corrected chi connectivity index (χ2v) is 10.5. The molecule has 2 aromatic heterocycles. The van der Waals surface area contributed by atoms with Gasteiger partial charge in [-0.05, 0) is 74.4 Å². The lowest BCUT2D eigenvalue weighted by Crippen LogP contribution is -2.37. The molecule has 3 aromatic rings. The SMILES string of the molecule is Cc1cc(F)cc(CNc2nc(C3CCCCC3)c3n(c2=O)[C@H](C(=O)NCc2ccc(N)nc2C)CC3)c1. The van der Waals surface area contributed by atoms with E-state index >= 15 is 0 Å². The first-order chi connectivity index (χ1) is 18.3. The lowest BCUT2D eigenvalue weighted by Gasteiger charge is -2.25. The fourth-order valence-electron chi connectivity index (χ4n) is 5.84. The maximum Gasteiger partial charge on any atom is 0.294 e. The minimum atomic E-state index is -0.609. The van der Waals surface area contributed by atoms with Gasteiger partial charge in [-0.15, -0.1) is 0 Å². The van der Waals surface area contributed by atoms with Crippen LogP contribution in [0, 0.1) is 19.7 Å². The molecule has 0 bridgehead atoms. The minimum absolute atomic E-state index is 0.199. The zero-order chi connectivity index (χ0) is 26.8. The summed E-state index contributed by atoms with van der Waals surface area (Å²) in [6.07, 6.45) is 6.72. The second kappa shape index (κ2) is 10.9. The van der Waals surface area contributed by atoms with Crippen LogP contribution in [0.3, 0.4) is 0 Å². The van der Waals surface area contributed by atoms with E-state index < -0.39 is 6.04 Å². The first kappa shape index (κ1) is 25.9. The number of fused-ring (bicyclic) bond motifs is 1. The van der Waals surface area contributed by atoms with Crippen LogP contribution in [0.25, 0.3) is 0 Å². The number of amides is 1. The number of benzene rings is 1. The summed E-state index contributed by atoms with van der Waals surface area (Å²) in [4.78, 5) is 36.2. The highest BCUT2D eigenvalue weighted by molar-refractivity contribution is 5.81. The topological polar surface area (TPSA) is 115 Å². The molecule has 0 spiro atoms. The van der Waals surface area contributed by atoms with E-state index in [0.717, 1.165) is 59.5 Å². The molecule has 1 amide bonds. The van der Waals surface area contributed by atoms with E-state index in [0.29, 0.717) is 25.2 Å². The molecule has 9 heteroatoms. The van der Waals surface area contributed by atoms with Gasteiger partial charge >= 0.3 is 0 Å². The van der Waals surface area contributed by atoms with Crippen LogP contribution in [0.2, 0.25) is 0 Å². The number of halogens is 1. The highest BCUT2D eigenvalue weighted by Crippen LogP contribution is 2.37. The molecule has 3 heterocycles. The van der Waals surface area contributed by atoms with E-state index in [4.69, 9.17) is 10.7 Å². The molecule has 8 nitrogen and oxygen atoms in total. The van der Waals surface area contributed by atoms with Gasteiger partial charge in [0.2, 0.25) is 5.91 Å². The Morgan fingerprint density at radius 1 is 1.08 bits per heavy atom. The first-order valence-corrected chi connectivity index (χ1v) is 13.4. The van der Waals surface area contributed by atoms with E-state index in [-0.39, 0.29) is 35.6 Å². The van der Waals surface area contributed by atoms with Crippen molar-refractivity contribution < 1.29 is 9.18 Å². The maximum absolute atomic E-state index is 13.9. The predicted molar refractivity (Wildman–Crippen MR) is 145 cm³/mol. The molecule has 1 aliphatic heterocycles. The molecule has 4 N–H and O–H groups in total. The number of anilines is 2. The third-order valence-electron chi connectivity index (χ3n) is 7.73. The first-order valence-electron chi connectivity index (χ1n) is 13.4. The van der Waals surface area contributed by atoms with Crippen LogP contribution in [0.1, 0.15) is 84.3 Å². The van der Waals surface area contributed by atoms with Crippen molar-refractivity contribution in [1.29, 1.82) is 0 Å². The Balaban J connectivity index is 1.44. The lowest BCUT2D eigenvalue weighted by molar-refractivity contribution is -0.124. The summed E-state index contributed by atoms with van der Waals surface area (Å²) in [6, 6.07) is 7.77. The Bertz CT molecular complexity index is 1390. The van der Waals surface area contributed by atoms with Gasteiger partial charge in [0.1, 0.15) is 17.7 Å². The number of nitrogens with two attached hydrogens (primary N) is 1. The highest BCUT2D eigenvalue weighted by Gasteiger charge is 2.35. The van der Waals surface area contributed by atoms with Gasteiger partial charge in [0.15, 0.2) is 5.82 Å². The Hall–Kier alpha value is -3.75. The molecule has 0 radical (unpaired) electrons. The summed E-state index contributed by atoms with van der Waals surface area (Å²) >= 11 is 0. The summed E-state index contributed by atoms with van der Waals surface area (Å²) in [7, 11) is 0. The number of aromatic nitrogens is 3. The van der Waals surface area contributed by atoms with Crippen LogP contribution in [0.15, 0.2) is 35.1 Å². The van der Waals surface area contributed by atoms with Crippen molar-refractivity contribution >= 4 is 17.5 Å². The number of carbonyl (C=O) groups is 1. The van der Waals surface area contributed by atoms with Gasteiger partial charge in [-0.2, -0.15) is 0 Å². The maximum atomic E-state index is 13.9. The lowest BCUT2D eigenvalue weighted by atomic mass is 9.85. The zero-order valence-electron chi connectivity index (χ0n) is 22.0. The van der Waals surface area contributed by atoms with Crippen molar-refractivity contribution in [3.63, 3.8) is 0 Å². The molecular weight excluding hydrogens is 483 g/mol. The number of carbonyl (C=O) groups excluding carboxylic acids is 1. The molecule has 1 saturated carbocycles. The van der Waals surface area contributed by atoms with Crippen LogP contribution in [0.4, 0.5) is 16.0 Å². The number of hydrogen-bond donors (Lipinski definition) is 3. The third-order valence-corrected chi connectivity index (χ3v) is 7.73. The van der Waals surface area contributed by atoms with E-state index in [2.05, 4.69) is 15.6 Å². The average molecular weight is 519 g/mol. The fourth-order valence-corrected chi connectivity index (χ4v) is 5.84. The molecule has 38 heavy (non-hydrogen) atoms. The number of hydrogen-bond acceptors (Lipinski definition) is 6. The van der Waals surface area contributed by atoms with Gasteiger partial charge < -0.3 is 16.4 Å². The molecule has 1 aromatic carbocycles. The van der Waals surface area contributed by atoms with Gasteiger partial charge in [0.25, 0.3) is 5.56 Å². The number of nitrogens with zero attached hydrogens (tertiary/aromatic N) is 3. The van der Waals surface area contributed by atoms with Gasteiger partial charge in [0.05, 0.1) is 5.69 Å². The van der Waals surface area contributed by atoms with Gasteiger partial charge in [-0.3, -0.25) is 14.2 Å². The van der Waals surface area contributed by atoms with Crippen molar-refractivity contribution in [3.05, 3.63) is 80.3 Å². The van der Waals surface area contributed by atoms with Crippen molar-refractivity contribution in [2.45, 2.75) is 83.8 Å². The molecule has 1 fully saturated rings. The van der Waals surface area contributed by atoms with Crippen LogP contribution in [-0.2, 0) is 24.3 Å². The van der Waals surface area contributed by atoms with Crippen LogP contribution >= 0.6 is 0 Å². The zero-order valence-corrected chi connectivity index (χ0v) is 22.0. The molecule has 0 saturated heterocycles. The molecule has 5 rings (SSSR count). The second-order valence-electron chi connectivity index (χ2n) is 10.5. The summed E-state index contributed by atoms with van der Waals surface area (Å²) in [5, 5.41) is 6.16. The van der Waals surface area contributed by atoms with Crippen molar-refractivity contribution in [2.75, 3.05) is 11.1 Å². The Morgan fingerprint density at radius 3 is 2.61 bits per heavy atom. The molecule has 2 aliphatic rings. The van der Waals surface area contributed by atoms with Crippen molar-refractivity contribution in [2.24, 2.45) is 0 Å². The molecule has 200 valence electrons. The van der Waals surface area contributed by atoms with Crippen LogP contribution in [-0.4, -0.2) is 20.4 Å². The Labute approximate surface area is 221 Å². The van der Waals surface area contributed by atoms with E-state index in [1.165, 1.54) is 18.6 Å². The number of pyridine rings is 1. The van der Waals surface area contributed by atoms with Gasteiger partial charge in [-0.25, -0.2) is 14.4 Å². The fraction of sp³-hybridized carbons (Fsp3) is 0.448. The quantitative estimate of drug-likeness (QED) is 0.426. The predicted octanol–water partition coefficient (Wildman–Crippen LogP) is 4.44. The van der Waals surface area contributed by atoms with E-state index in [1.54, 1.807) is 10.6 Å². The molecule has 1 atom stereocenters. The molecular formula is C29H35FN6O2. The van der Waals surface area contributed by atoms with Crippen molar-refractivity contribution in [3.8, 4) is 0 Å². The molecule has 1 aliphatic carbocycles. The summed E-state index contributed by atoms with van der Waals surface area (Å²) in [6.45, 7) is 4.27. The van der Waals surface area contributed by atoms with Crippen molar-refractivity contribution in [1.82, 2.24) is 19.9 Å². The van der Waals surface area contributed by atoms with Crippen LogP contribution in [0.5, 0.6) is 0 Å². The van der Waals surface area contributed by atoms with Crippen LogP contribution < -0.4 is 21.9 Å². The normalized spacial score (nSPS) is 17.3. The molecule has 0 unspecified atom stereocenters. The minimum Gasteiger partial charge on any atom is -0.384 e. The number of aryl methyl sites for hydroxylation is 2. The third kappa shape index (κ3) is 5.42. The van der Waals surface area contributed by atoms with E-state index in [1.807, 2.05) is 26.0 Å². The Morgan fingerprint density at radius 2 is 1.87 bits per heavy atom. The number of nitrogen functional groups attached to an aromatic ring is 1. The summed E-state index contributed by atoms with van der Waals surface area (Å²) in [5.74, 6) is 0.411. The summed E-state index contributed by atoms with van der Waals surface area (Å²) < 4.78 is 15.6. The van der Waals surface area contributed by atoms with Gasteiger partial charge in [-0.1, -0.05) is 31.4 Å². The van der Waals surface area contributed by atoms with Gasteiger partial charge in [0, 0.05) is 30.4 Å². The average Bonchev–Trinajstić information content (AvgIpc) is 3.33. The smallest absolute Gasteiger partial charge is 0.294 e. The summed E-state index contributed by atoms with van der Waals surface area (Å²) in [5.41, 5.74) is 10.4. The highest BCUT2D eigenvalue weighted by atomic mass is 19.1. The Kier molecular flexibility index (Phi) is 7.44. The standard InChI is InChI=1S/C29H35FN6O2/c1-17-12-19(14-22(30)13-17)15-32-27-29(38)36-23(26(35-27)20-6-4-3-5-7-20)9-10-24(36)28(37)33-16-21-8-11-25(31)34-18(21)2/h8,11-14,20,24H,3-7,9-10,15-16H2,1-2H3,(H2,31,34)(H,32,35)(H,33,37)/t24-/m0/s1. The monoisotopic (exact) mass is 518 g/mol. The number of rotatable bonds is 7. The van der Waals surface area contributed by atoms with E-state index in [9.17, 15) is 14.0 Å². The number of nitrogens with one attached hydrogen (secondary N) is 2.